The van der Waals surface area contributed by atoms with Gasteiger partial charge in [-0.2, -0.15) is 5.10 Å². The van der Waals surface area contributed by atoms with Crippen molar-refractivity contribution in [1.82, 2.24) is 24.6 Å². The number of hydrogen-bond acceptors (Lipinski definition) is 3. The predicted molar refractivity (Wildman–Crippen MR) is 82.5 cm³/mol. The molecule has 1 atom stereocenters. The zero-order valence-corrected chi connectivity index (χ0v) is 12.1. The van der Waals surface area contributed by atoms with Gasteiger partial charge in [-0.3, -0.25) is 9.89 Å². The topological polar surface area (TPSA) is 66.8 Å². The highest BCUT2D eigenvalue weighted by molar-refractivity contribution is 6.06. The fourth-order valence-corrected chi connectivity index (χ4v) is 3.19. The molecule has 1 aliphatic heterocycles. The van der Waals surface area contributed by atoms with Crippen molar-refractivity contribution in [2.24, 2.45) is 0 Å². The van der Waals surface area contributed by atoms with E-state index >= 15 is 0 Å². The maximum absolute atomic E-state index is 12.9. The minimum Gasteiger partial charge on any atom is -0.337 e. The predicted octanol–water partition coefficient (Wildman–Crippen LogP) is 2.24. The number of carbonyl (C=O) groups excluding carboxylic acids is 1. The van der Waals surface area contributed by atoms with Gasteiger partial charge in [-0.1, -0.05) is 6.07 Å². The van der Waals surface area contributed by atoms with Crippen molar-refractivity contribution in [2.45, 2.75) is 18.9 Å². The number of rotatable bonds is 2. The first kappa shape index (κ1) is 13.1. The first-order chi connectivity index (χ1) is 10.8. The van der Waals surface area contributed by atoms with Crippen LogP contribution < -0.4 is 0 Å². The third-order valence-corrected chi connectivity index (χ3v) is 4.35. The molecule has 3 heterocycles. The van der Waals surface area contributed by atoms with E-state index in [0.29, 0.717) is 6.04 Å². The van der Waals surface area contributed by atoms with Gasteiger partial charge < -0.3 is 9.47 Å². The lowest BCUT2D eigenvalue weighted by Crippen LogP contribution is -2.40. The van der Waals surface area contributed by atoms with E-state index in [1.54, 1.807) is 12.4 Å². The van der Waals surface area contributed by atoms with Gasteiger partial charge in [0.25, 0.3) is 5.91 Å². The summed E-state index contributed by atoms with van der Waals surface area (Å²) in [6.45, 7) is 1.53. The zero-order valence-electron chi connectivity index (χ0n) is 12.1. The first-order valence-corrected chi connectivity index (χ1v) is 7.52. The van der Waals surface area contributed by atoms with E-state index in [1.807, 2.05) is 35.6 Å². The minimum absolute atomic E-state index is 0.0804. The van der Waals surface area contributed by atoms with Gasteiger partial charge in [0, 0.05) is 30.9 Å². The van der Waals surface area contributed by atoms with E-state index in [-0.39, 0.29) is 5.91 Å². The molecular formula is C16H17N5O. The molecular weight excluding hydrogens is 278 g/mol. The van der Waals surface area contributed by atoms with Crippen LogP contribution in [0.3, 0.4) is 0 Å². The Morgan fingerprint density at radius 1 is 1.36 bits per heavy atom. The van der Waals surface area contributed by atoms with E-state index in [4.69, 9.17) is 0 Å². The molecule has 0 saturated carbocycles. The monoisotopic (exact) mass is 295 g/mol. The molecule has 1 N–H and O–H groups in total. The third kappa shape index (κ3) is 2.16. The Bertz CT molecular complexity index is 792. The van der Waals surface area contributed by atoms with Gasteiger partial charge >= 0.3 is 0 Å². The number of fused-ring (bicyclic) bond motifs is 1. The Balaban J connectivity index is 1.61. The largest absolute Gasteiger partial charge is 0.337 e. The van der Waals surface area contributed by atoms with Crippen molar-refractivity contribution in [1.29, 1.82) is 0 Å². The number of hydrogen-bond donors (Lipinski definition) is 1. The Morgan fingerprint density at radius 2 is 2.32 bits per heavy atom. The Labute approximate surface area is 127 Å². The number of imidazole rings is 1. The second-order valence-corrected chi connectivity index (χ2v) is 5.69. The number of aromatic amines is 1. The SMILES string of the molecule is O=C(c1cccc2[nH]ncc12)N1CCCC(n2ccnc2)C1. The molecule has 2 aromatic heterocycles. The number of nitrogens with one attached hydrogen (secondary N) is 1. The van der Waals surface area contributed by atoms with Crippen molar-refractivity contribution >= 4 is 16.8 Å². The zero-order chi connectivity index (χ0) is 14.9. The van der Waals surface area contributed by atoms with E-state index < -0.39 is 0 Å². The summed E-state index contributed by atoms with van der Waals surface area (Å²) in [4.78, 5) is 18.9. The van der Waals surface area contributed by atoms with Crippen molar-refractivity contribution < 1.29 is 4.79 Å². The van der Waals surface area contributed by atoms with Crippen LogP contribution in [-0.4, -0.2) is 43.6 Å². The lowest BCUT2D eigenvalue weighted by Gasteiger charge is -2.33. The van der Waals surface area contributed by atoms with Gasteiger partial charge in [-0.25, -0.2) is 4.98 Å². The molecule has 1 aromatic carbocycles. The summed E-state index contributed by atoms with van der Waals surface area (Å²) in [7, 11) is 0. The van der Waals surface area contributed by atoms with Gasteiger partial charge in [-0.05, 0) is 25.0 Å². The maximum atomic E-state index is 12.9. The summed E-state index contributed by atoms with van der Waals surface area (Å²) in [5, 5.41) is 7.84. The highest BCUT2D eigenvalue weighted by Crippen LogP contribution is 2.24. The molecule has 6 nitrogen and oxygen atoms in total. The van der Waals surface area contributed by atoms with Crippen molar-refractivity contribution in [2.75, 3.05) is 13.1 Å². The molecule has 4 rings (SSSR count). The van der Waals surface area contributed by atoms with Crippen LogP contribution >= 0.6 is 0 Å². The molecule has 1 amide bonds. The lowest BCUT2D eigenvalue weighted by atomic mass is 10.0. The second-order valence-electron chi connectivity index (χ2n) is 5.69. The van der Waals surface area contributed by atoms with Crippen LogP contribution in [0.15, 0.2) is 43.1 Å². The summed E-state index contributed by atoms with van der Waals surface area (Å²) >= 11 is 0. The quantitative estimate of drug-likeness (QED) is 0.788. The minimum atomic E-state index is 0.0804. The molecule has 1 unspecified atom stereocenters. The molecule has 22 heavy (non-hydrogen) atoms. The summed E-state index contributed by atoms with van der Waals surface area (Å²) in [5.41, 5.74) is 1.62. The molecule has 6 heteroatoms. The van der Waals surface area contributed by atoms with Crippen LogP contribution in [0.4, 0.5) is 0 Å². The van der Waals surface area contributed by atoms with Gasteiger partial charge in [-0.15, -0.1) is 0 Å². The summed E-state index contributed by atoms with van der Waals surface area (Å²) < 4.78 is 2.10. The number of amides is 1. The van der Waals surface area contributed by atoms with E-state index in [0.717, 1.165) is 42.4 Å². The fraction of sp³-hybridized carbons (Fsp3) is 0.312. The van der Waals surface area contributed by atoms with E-state index in [9.17, 15) is 4.79 Å². The molecule has 0 radical (unpaired) electrons. The first-order valence-electron chi connectivity index (χ1n) is 7.52. The molecule has 0 aliphatic carbocycles. The van der Waals surface area contributed by atoms with E-state index in [1.165, 1.54) is 0 Å². The number of piperidine rings is 1. The second kappa shape index (κ2) is 5.29. The third-order valence-electron chi connectivity index (χ3n) is 4.35. The Morgan fingerprint density at radius 3 is 3.18 bits per heavy atom. The number of benzene rings is 1. The number of carbonyl (C=O) groups is 1. The summed E-state index contributed by atoms with van der Waals surface area (Å²) in [6.07, 6.45) is 9.39. The fourth-order valence-electron chi connectivity index (χ4n) is 3.19. The van der Waals surface area contributed by atoms with Gasteiger partial charge in [0.05, 0.1) is 29.6 Å². The maximum Gasteiger partial charge on any atom is 0.254 e. The molecule has 0 bridgehead atoms. The molecule has 1 saturated heterocycles. The summed E-state index contributed by atoms with van der Waals surface area (Å²) in [5.74, 6) is 0.0804. The standard InChI is InChI=1S/C16H17N5O/c22-16(13-4-1-5-15-14(13)9-18-19-15)20-7-2-3-12(10-20)21-8-6-17-11-21/h1,4-6,8-9,11-12H,2-3,7,10H2,(H,18,19). The number of nitrogens with zero attached hydrogens (tertiary/aromatic N) is 4. The van der Waals surface area contributed by atoms with E-state index in [2.05, 4.69) is 19.7 Å². The van der Waals surface area contributed by atoms with Crippen LogP contribution in [0.5, 0.6) is 0 Å². The van der Waals surface area contributed by atoms with Crippen LogP contribution in [0, 0.1) is 0 Å². The van der Waals surface area contributed by atoms with Crippen molar-refractivity contribution in [3.63, 3.8) is 0 Å². The van der Waals surface area contributed by atoms with Crippen LogP contribution in [0.2, 0.25) is 0 Å². The molecule has 112 valence electrons. The van der Waals surface area contributed by atoms with Crippen LogP contribution in [0.1, 0.15) is 29.2 Å². The molecule has 0 spiro atoms. The average Bonchev–Trinajstić information content (AvgIpc) is 3.25. The highest BCUT2D eigenvalue weighted by atomic mass is 16.2. The smallest absolute Gasteiger partial charge is 0.254 e. The van der Waals surface area contributed by atoms with Gasteiger partial charge in [0.2, 0.25) is 0 Å². The number of aromatic nitrogens is 4. The normalized spacial score (nSPS) is 18.7. The lowest BCUT2D eigenvalue weighted by molar-refractivity contribution is 0.0681. The Kier molecular flexibility index (Phi) is 3.14. The molecule has 1 fully saturated rings. The Hall–Kier alpha value is -2.63. The average molecular weight is 295 g/mol. The number of H-pyrrole nitrogens is 1. The molecule has 3 aromatic rings. The number of likely N-dealkylation sites (tertiary alicyclic amines) is 1. The van der Waals surface area contributed by atoms with Gasteiger partial charge in [0.1, 0.15) is 0 Å². The molecule has 1 aliphatic rings. The van der Waals surface area contributed by atoms with Gasteiger partial charge in [0.15, 0.2) is 0 Å². The van der Waals surface area contributed by atoms with Crippen molar-refractivity contribution in [3.05, 3.63) is 48.7 Å². The van der Waals surface area contributed by atoms with Crippen LogP contribution in [0.25, 0.3) is 10.9 Å². The van der Waals surface area contributed by atoms with Crippen molar-refractivity contribution in [3.8, 4) is 0 Å². The van der Waals surface area contributed by atoms with Crippen LogP contribution in [-0.2, 0) is 0 Å². The summed E-state index contributed by atoms with van der Waals surface area (Å²) in [6, 6.07) is 6.01. The highest BCUT2D eigenvalue weighted by Gasteiger charge is 2.26.